The van der Waals surface area contributed by atoms with Crippen LogP contribution in [0, 0.1) is 0 Å². The van der Waals surface area contributed by atoms with E-state index in [9.17, 15) is 0 Å². The number of nitrogens with one attached hydrogen (secondary N) is 1. The molecule has 0 saturated heterocycles. The van der Waals surface area contributed by atoms with Crippen molar-refractivity contribution in [2.75, 3.05) is 7.05 Å². The molecule has 0 fully saturated rings. The Labute approximate surface area is 129 Å². The monoisotopic (exact) mass is 299 g/mol. The lowest BCUT2D eigenvalue weighted by molar-refractivity contribution is 0.588. The molecule has 4 heteroatoms. The molecule has 3 aromatic rings. The predicted molar refractivity (Wildman–Crippen MR) is 89.9 cm³/mol. The van der Waals surface area contributed by atoms with Crippen LogP contribution in [0.15, 0.2) is 36.4 Å². The number of likely N-dealkylation sites (N-methyl/N-ethyl adjacent to an activating group) is 1. The number of nitrogens with zero attached hydrogens (tertiary/aromatic N) is 2. The van der Waals surface area contributed by atoms with Crippen LogP contribution in [0.2, 0.25) is 0 Å². The Balaban J connectivity index is 1.92. The fourth-order valence-electron chi connectivity index (χ4n) is 2.75. The van der Waals surface area contributed by atoms with Gasteiger partial charge in [0, 0.05) is 34.7 Å². The van der Waals surface area contributed by atoms with E-state index in [1.807, 2.05) is 30.1 Å². The summed E-state index contributed by atoms with van der Waals surface area (Å²) in [6.45, 7) is 2.20. The first-order chi connectivity index (χ1) is 10.2. The van der Waals surface area contributed by atoms with Crippen molar-refractivity contribution in [3.05, 3.63) is 51.8 Å². The first-order valence-corrected chi connectivity index (χ1v) is 8.21. The van der Waals surface area contributed by atoms with Crippen molar-refractivity contribution in [2.45, 2.75) is 25.8 Å². The lowest BCUT2D eigenvalue weighted by Crippen LogP contribution is -2.18. The zero-order valence-electron chi connectivity index (χ0n) is 12.8. The number of thiophene rings is 1. The van der Waals surface area contributed by atoms with Gasteiger partial charge in [0.1, 0.15) is 0 Å². The van der Waals surface area contributed by atoms with Crippen LogP contribution in [0.1, 0.15) is 28.4 Å². The molecule has 21 heavy (non-hydrogen) atoms. The van der Waals surface area contributed by atoms with Crippen molar-refractivity contribution < 1.29 is 0 Å². The fraction of sp³-hybridized carbons (Fsp3) is 0.353. The standard InChI is InChI=1S/C17H21N3S/c1-4-12-9-10-17(21-12)15(18-2)11-14-13-7-5-6-8-16(13)20(3)19-14/h5-10,15,18H,4,11H2,1-3H3. The third-order valence-corrected chi connectivity index (χ3v) is 5.30. The molecule has 0 aliphatic heterocycles. The van der Waals surface area contributed by atoms with Crippen molar-refractivity contribution >= 4 is 22.2 Å². The minimum absolute atomic E-state index is 0.327. The molecular formula is C17H21N3S. The molecule has 0 amide bonds. The Morgan fingerprint density at radius 1 is 1.24 bits per heavy atom. The molecule has 0 aliphatic carbocycles. The summed E-state index contributed by atoms with van der Waals surface area (Å²) in [5, 5.41) is 9.41. The molecule has 0 radical (unpaired) electrons. The van der Waals surface area contributed by atoms with E-state index >= 15 is 0 Å². The zero-order valence-corrected chi connectivity index (χ0v) is 13.6. The van der Waals surface area contributed by atoms with Gasteiger partial charge < -0.3 is 5.32 Å². The molecule has 1 aromatic carbocycles. The van der Waals surface area contributed by atoms with Crippen LogP contribution in [0.4, 0.5) is 0 Å². The van der Waals surface area contributed by atoms with Crippen LogP contribution in [-0.4, -0.2) is 16.8 Å². The molecule has 3 rings (SSSR count). The Morgan fingerprint density at radius 3 is 2.76 bits per heavy atom. The van der Waals surface area contributed by atoms with E-state index in [-0.39, 0.29) is 0 Å². The number of hydrogen-bond donors (Lipinski definition) is 1. The second-order valence-corrected chi connectivity index (χ2v) is 6.49. The van der Waals surface area contributed by atoms with E-state index in [1.54, 1.807) is 0 Å². The van der Waals surface area contributed by atoms with E-state index in [1.165, 1.54) is 26.4 Å². The molecule has 1 N–H and O–H groups in total. The molecule has 2 heterocycles. The van der Waals surface area contributed by atoms with Gasteiger partial charge in [0.25, 0.3) is 0 Å². The van der Waals surface area contributed by atoms with Gasteiger partial charge in [-0.2, -0.15) is 5.10 Å². The number of fused-ring (bicyclic) bond motifs is 1. The SMILES string of the molecule is CCc1ccc(C(Cc2nn(C)c3ccccc23)NC)s1. The highest BCUT2D eigenvalue weighted by Crippen LogP contribution is 2.28. The predicted octanol–water partition coefficient (Wildman–Crippen LogP) is 3.70. The molecule has 0 saturated carbocycles. The summed E-state index contributed by atoms with van der Waals surface area (Å²) in [5.74, 6) is 0. The van der Waals surface area contributed by atoms with E-state index in [0.717, 1.165) is 12.8 Å². The van der Waals surface area contributed by atoms with Gasteiger partial charge in [-0.3, -0.25) is 4.68 Å². The van der Waals surface area contributed by atoms with Crippen molar-refractivity contribution in [1.82, 2.24) is 15.1 Å². The van der Waals surface area contributed by atoms with E-state index < -0.39 is 0 Å². The quantitative estimate of drug-likeness (QED) is 0.778. The Hall–Kier alpha value is -1.65. The second-order valence-electron chi connectivity index (χ2n) is 5.29. The van der Waals surface area contributed by atoms with Crippen LogP contribution in [0.5, 0.6) is 0 Å². The first-order valence-electron chi connectivity index (χ1n) is 7.39. The molecule has 1 atom stereocenters. The smallest absolute Gasteiger partial charge is 0.0722 e. The molecule has 3 nitrogen and oxygen atoms in total. The highest BCUT2D eigenvalue weighted by atomic mass is 32.1. The fourth-order valence-corrected chi connectivity index (χ4v) is 3.81. The molecule has 1 unspecified atom stereocenters. The van der Waals surface area contributed by atoms with Gasteiger partial charge >= 0.3 is 0 Å². The largest absolute Gasteiger partial charge is 0.312 e. The Morgan fingerprint density at radius 2 is 2.05 bits per heavy atom. The number of aromatic nitrogens is 2. The van der Waals surface area contributed by atoms with Gasteiger partial charge in [-0.05, 0) is 31.7 Å². The minimum Gasteiger partial charge on any atom is -0.312 e. The maximum Gasteiger partial charge on any atom is 0.0722 e. The van der Waals surface area contributed by atoms with Gasteiger partial charge in [-0.15, -0.1) is 11.3 Å². The first kappa shape index (κ1) is 14.3. The van der Waals surface area contributed by atoms with Gasteiger partial charge in [0.05, 0.1) is 11.2 Å². The Bertz CT molecular complexity index is 741. The van der Waals surface area contributed by atoms with E-state index in [4.69, 9.17) is 5.10 Å². The van der Waals surface area contributed by atoms with Crippen molar-refractivity contribution in [1.29, 1.82) is 0 Å². The summed E-state index contributed by atoms with van der Waals surface area (Å²) in [7, 11) is 4.04. The third kappa shape index (κ3) is 2.74. The molecule has 0 aliphatic rings. The van der Waals surface area contributed by atoms with Crippen LogP contribution in [-0.2, 0) is 19.9 Å². The van der Waals surface area contributed by atoms with Crippen LogP contribution in [0.3, 0.4) is 0 Å². The van der Waals surface area contributed by atoms with Crippen molar-refractivity contribution in [2.24, 2.45) is 7.05 Å². The number of benzene rings is 1. The zero-order chi connectivity index (χ0) is 14.8. The van der Waals surface area contributed by atoms with E-state index in [2.05, 4.69) is 48.6 Å². The highest BCUT2D eigenvalue weighted by Gasteiger charge is 2.16. The summed E-state index contributed by atoms with van der Waals surface area (Å²) in [6.07, 6.45) is 2.02. The van der Waals surface area contributed by atoms with Gasteiger partial charge in [-0.1, -0.05) is 25.1 Å². The lowest BCUT2D eigenvalue weighted by Gasteiger charge is -2.13. The summed E-state index contributed by atoms with van der Waals surface area (Å²) >= 11 is 1.90. The number of rotatable bonds is 5. The molecule has 0 bridgehead atoms. The number of aryl methyl sites for hydroxylation is 2. The normalized spacial score (nSPS) is 12.9. The highest BCUT2D eigenvalue weighted by molar-refractivity contribution is 7.12. The average molecular weight is 299 g/mol. The lowest BCUT2D eigenvalue weighted by atomic mass is 10.1. The Kier molecular flexibility index (Phi) is 4.08. The topological polar surface area (TPSA) is 29.9 Å². The van der Waals surface area contributed by atoms with Crippen LogP contribution < -0.4 is 5.32 Å². The molecule has 0 spiro atoms. The average Bonchev–Trinajstić information content (AvgIpc) is 3.11. The molecule has 110 valence electrons. The molecular weight excluding hydrogens is 278 g/mol. The van der Waals surface area contributed by atoms with Gasteiger partial charge in [0.2, 0.25) is 0 Å². The van der Waals surface area contributed by atoms with Crippen LogP contribution in [0.25, 0.3) is 10.9 Å². The molecule has 2 aromatic heterocycles. The van der Waals surface area contributed by atoms with Gasteiger partial charge in [0.15, 0.2) is 0 Å². The number of para-hydroxylation sites is 1. The van der Waals surface area contributed by atoms with Gasteiger partial charge in [-0.25, -0.2) is 0 Å². The van der Waals surface area contributed by atoms with Crippen LogP contribution >= 0.6 is 11.3 Å². The summed E-state index contributed by atoms with van der Waals surface area (Å²) in [5.41, 5.74) is 2.36. The maximum absolute atomic E-state index is 4.71. The number of hydrogen-bond acceptors (Lipinski definition) is 3. The third-order valence-electron chi connectivity index (χ3n) is 3.95. The maximum atomic E-state index is 4.71. The minimum atomic E-state index is 0.327. The second kappa shape index (κ2) is 6.00. The van der Waals surface area contributed by atoms with Crippen molar-refractivity contribution in [3.63, 3.8) is 0 Å². The van der Waals surface area contributed by atoms with E-state index in [0.29, 0.717) is 6.04 Å². The summed E-state index contributed by atoms with van der Waals surface area (Å²) in [4.78, 5) is 2.83. The summed E-state index contributed by atoms with van der Waals surface area (Å²) < 4.78 is 1.98. The summed E-state index contributed by atoms with van der Waals surface area (Å²) in [6, 6.07) is 13.2. The van der Waals surface area contributed by atoms with Crippen molar-refractivity contribution in [3.8, 4) is 0 Å².